The first kappa shape index (κ1) is 12.0. The van der Waals surface area contributed by atoms with Gasteiger partial charge >= 0.3 is 0 Å². The second kappa shape index (κ2) is 4.90. The zero-order chi connectivity index (χ0) is 12.4. The summed E-state index contributed by atoms with van der Waals surface area (Å²) in [4.78, 5) is 0. The van der Waals surface area contributed by atoms with E-state index in [0.29, 0.717) is 0 Å². The maximum Gasteiger partial charge on any atom is 0.124 e. The normalized spacial score (nSPS) is 31.7. The van der Waals surface area contributed by atoms with Crippen molar-refractivity contribution in [2.24, 2.45) is 0 Å². The summed E-state index contributed by atoms with van der Waals surface area (Å²) in [6.45, 7) is 4.93. The van der Waals surface area contributed by atoms with Gasteiger partial charge in [0, 0.05) is 12.0 Å². The summed E-state index contributed by atoms with van der Waals surface area (Å²) in [6.07, 6.45) is 3.67. The third kappa shape index (κ3) is 2.38. The van der Waals surface area contributed by atoms with E-state index < -0.39 is 0 Å². The molecular weight excluding hydrogens is 226 g/mol. The van der Waals surface area contributed by atoms with Crippen molar-refractivity contribution >= 4 is 0 Å². The van der Waals surface area contributed by atoms with Crippen LogP contribution >= 0.6 is 0 Å². The Kier molecular flexibility index (Phi) is 3.27. The fourth-order valence-electron chi connectivity index (χ4n) is 2.85. The number of hydrogen-bond acceptors (Lipinski definition) is 3. The van der Waals surface area contributed by atoms with Gasteiger partial charge in [0.1, 0.15) is 11.9 Å². The van der Waals surface area contributed by atoms with Gasteiger partial charge in [-0.05, 0) is 44.0 Å². The summed E-state index contributed by atoms with van der Waals surface area (Å²) >= 11 is 0. The predicted molar refractivity (Wildman–Crippen MR) is 70.9 cm³/mol. The molecule has 2 aliphatic heterocycles. The van der Waals surface area contributed by atoms with Crippen molar-refractivity contribution in [1.29, 1.82) is 0 Å². The molecule has 0 saturated carbocycles. The molecule has 2 aliphatic rings. The third-order valence-corrected chi connectivity index (χ3v) is 4.03. The molecule has 1 aromatic rings. The second-order valence-electron chi connectivity index (χ2n) is 5.49. The van der Waals surface area contributed by atoms with Gasteiger partial charge < -0.3 is 14.8 Å². The van der Waals surface area contributed by atoms with Gasteiger partial charge in [-0.1, -0.05) is 12.1 Å². The topological polar surface area (TPSA) is 30.5 Å². The number of nitrogens with one attached hydrogen (secondary N) is 1. The fraction of sp³-hybridized carbons (Fsp3) is 0.600. The van der Waals surface area contributed by atoms with Crippen LogP contribution in [0.1, 0.15) is 31.7 Å². The van der Waals surface area contributed by atoms with Crippen molar-refractivity contribution in [3.63, 3.8) is 0 Å². The smallest absolute Gasteiger partial charge is 0.124 e. The quantitative estimate of drug-likeness (QED) is 0.890. The van der Waals surface area contributed by atoms with E-state index >= 15 is 0 Å². The van der Waals surface area contributed by atoms with Gasteiger partial charge in [0.15, 0.2) is 0 Å². The van der Waals surface area contributed by atoms with Gasteiger partial charge in [-0.25, -0.2) is 0 Å². The average Bonchev–Trinajstić information content (AvgIpc) is 3.02. The molecule has 1 aromatic carbocycles. The highest BCUT2D eigenvalue weighted by molar-refractivity contribution is 5.34. The van der Waals surface area contributed by atoms with Crippen molar-refractivity contribution in [3.05, 3.63) is 29.8 Å². The van der Waals surface area contributed by atoms with Crippen molar-refractivity contribution in [1.82, 2.24) is 5.32 Å². The Morgan fingerprint density at radius 1 is 1.44 bits per heavy atom. The minimum atomic E-state index is 0.117. The fourth-order valence-corrected chi connectivity index (χ4v) is 2.85. The number of ether oxygens (including phenoxy) is 2. The first-order valence-electron chi connectivity index (χ1n) is 6.86. The molecule has 2 heterocycles. The number of benzene rings is 1. The SMILES string of the molecule is CC1(c2cccc(OC3CCOC3)c2)CCCN1. The van der Waals surface area contributed by atoms with Crippen molar-refractivity contribution < 1.29 is 9.47 Å². The molecule has 3 heteroatoms. The minimum absolute atomic E-state index is 0.117. The lowest BCUT2D eigenvalue weighted by atomic mass is 9.90. The first-order chi connectivity index (χ1) is 8.76. The molecule has 18 heavy (non-hydrogen) atoms. The largest absolute Gasteiger partial charge is 0.488 e. The summed E-state index contributed by atoms with van der Waals surface area (Å²) < 4.78 is 11.3. The zero-order valence-electron chi connectivity index (χ0n) is 10.9. The van der Waals surface area contributed by atoms with E-state index in [1.807, 2.05) is 6.07 Å². The van der Waals surface area contributed by atoms with E-state index in [1.165, 1.54) is 18.4 Å². The molecule has 0 amide bonds. The summed E-state index contributed by atoms with van der Waals surface area (Å²) in [6, 6.07) is 8.50. The summed E-state index contributed by atoms with van der Waals surface area (Å²) in [5.41, 5.74) is 1.45. The van der Waals surface area contributed by atoms with Crippen LogP contribution in [-0.4, -0.2) is 25.9 Å². The van der Waals surface area contributed by atoms with Crippen LogP contribution in [0.25, 0.3) is 0 Å². The lowest BCUT2D eigenvalue weighted by Crippen LogP contribution is -2.33. The zero-order valence-corrected chi connectivity index (χ0v) is 10.9. The highest BCUT2D eigenvalue weighted by Crippen LogP contribution is 2.32. The van der Waals surface area contributed by atoms with Crippen LogP contribution in [0.15, 0.2) is 24.3 Å². The molecule has 3 rings (SSSR count). The van der Waals surface area contributed by atoms with E-state index in [-0.39, 0.29) is 11.6 Å². The first-order valence-corrected chi connectivity index (χ1v) is 6.86. The van der Waals surface area contributed by atoms with Crippen LogP contribution in [0, 0.1) is 0 Å². The van der Waals surface area contributed by atoms with Crippen LogP contribution in [0.5, 0.6) is 5.75 Å². The van der Waals surface area contributed by atoms with Gasteiger partial charge in [0.25, 0.3) is 0 Å². The van der Waals surface area contributed by atoms with E-state index in [1.54, 1.807) is 0 Å². The van der Waals surface area contributed by atoms with Gasteiger partial charge in [-0.3, -0.25) is 0 Å². The molecule has 0 aliphatic carbocycles. The molecule has 0 aromatic heterocycles. The molecule has 3 nitrogen and oxygen atoms in total. The Balaban J connectivity index is 1.76. The van der Waals surface area contributed by atoms with E-state index in [9.17, 15) is 0 Å². The van der Waals surface area contributed by atoms with Gasteiger partial charge in [0.05, 0.1) is 13.2 Å². The lowest BCUT2D eigenvalue weighted by Gasteiger charge is -2.25. The maximum absolute atomic E-state index is 5.97. The van der Waals surface area contributed by atoms with E-state index in [4.69, 9.17) is 9.47 Å². The Labute approximate surface area is 108 Å². The number of rotatable bonds is 3. The Hall–Kier alpha value is -1.06. The Morgan fingerprint density at radius 3 is 3.11 bits per heavy atom. The van der Waals surface area contributed by atoms with Gasteiger partial charge in [-0.15, -0.1) is 0 Å². The second-order valence-corrected chi connectivity index (χ2v) is 5.49. The third-order valence-electron chi connectivity index (χ3n) is 4.03. The van der Waals surface area contributed by atoms with Crippen LogP contribution < -0.4 is 10.1 Å². The lowest BCUT2D eigenvalue weighted by molar-refractivity contribution is 0.141. The molecule has 2 atom stereocenters. The maximum atomic E-state index is 5.97. The molecule has 2 unspecified atom stereocenters. The van der Waals surface area contributed by atoms with Crippen LogP contribution in [0.4, 0.5) is 0 Å². The molecular formula is C15H21NO2. The summed E-state index contributed by atoms with van der Waals surface area (Å²) in [5, 5.41) is 3.59. The number of hydrogen-bond donors (Lipinski definition) is 1. The van der Waals surface area contributed by atoms with Crippen molar-refractivity contribution in [3.8, 4) is 5.75 Å². The van der Waals surface area contributed by atoms with Gasteiger partial charge in [0.2, 0.25) is 0 Å². The Bertz CT molecular complexity index is 407. The molecule has 1 N–H and O–H groups in total. The van der Waals surface area contributed by atoms with E-state index in [0.717, 1.165) is 31.9 Å². The summed E-state index contributed by atoms with van der Waals surface area (Å²) in [7, 11) is 0. The van der Waals surface area contributed by atoms with Gasteiger partial charge in [-0.2, -0.15) is 0 Å². The highest BCUT2D eigenvalue weighted by atomic mass is 16.5. The minimum Gasteiger partial charge on any atom is -0.488 e. The molecule has 2 fully saturated rings. The Morgan fingerprint density at radius 2 is 2.39 bits per heavy atom. The monoisotopic (exact) mass is 247 g/mol. The van der Waals surface area contributed by atoms with Crippen LogP contribution in [-0.2, 0) is 10.3 Å². The average molecular weight is 247 g/mol. The predicted octanol–water partition coefficient (Wildman–Crippen LogP) is 2.45. The van der Waals surface area contributed by atoms with Crippen molar-refractivity contribution in [2.45, 2.75) is 37.8 Å². The standard InChI is InChI=1S/C15H21NO2/c1-15(7-3-8-16-15)12-4-2-5-13(10-12)18-14-6-9-17-11-14/h2,4-5,10,14,16H,3,6-9,11H2,1H3. The molecule has 0 spiro atoms. The van der Waals surface area contributed by atoms with Crippen LogP contribution in [0.2, 0.25) is 0 Å². The highest BCUT2D eigenvalue weighted by Gasteiger charge is 2.30. The molecule has 2 saturated heterocycles. The molecule has 0 bridgehead atoms. The summed E-state index contributed by atoms with van der Waals surface area (Å²) in [5.74, 6) is 0.970. The van der Waals surface area contributed by atoms with Crippen molar-refractivity contribution in [2.75, 3.05) is 19.8 Å². The molecule has 98 valence electrons. The van der Waals surface area contributed by atoms with Crippen LogP contribution in [0.3, 0.4) is 0 Å². The molecule has 0 radical (unpaired) electrons. The van der Waals surface area contributed by atoms with E-state index in [2.05, 4.69) is 30.4 Å².